The van der Waals surface area contributed by atoms with Gasteiger partial charge in [0, 0.05) is 29.7 Å². The third kappa shape index (κ3) is 4.20. The van der Waals surface area contributed by atoms with Crippen LogP contribution in [0.5, 0.6) is 0 Å². The van der Waals surface area contributed by atoms with Gasteiger partial charge in [0.05, 0.1) is 5.69 Å². The van der Waals surface area contributed by atoms with Gasteiger partial charge in [-0.1, -0.05) is 35.5 Å². The number of carboxylic acid groups (broad SMARTS) is 1. The fourth-order valence-corrected chi connectivity index (χ4v) is 2.76. The van der Waals surface area contributed by atoms with Crippen molar-refractivity contribution in [2.75, 3.05) is 0 Å². The lowest BCUT2D eigenvalue weighted by atomic mass is 10.0. The SMILES string of the molecule is Cc1n[nH]c(C)c1[C@@H](NC(=O)CCc1nc(-c2ccccc2)no1)C(=O)O. The number of amides is 1. The van der Waals surface area contributed by atoms with Gasteiger partial charge in [-0.05, 0) is 13.8 Å². The quantitative estimate of drug-likeness (QED) is 0.579. The van der Waals surface area contributed by atoms with Crippen LogP contribution in [0.3, 0.4) is 0 Å². The van der Waals surface area contributed by atoms with Crippen molar-refractivity contribution in [2.45, 2.75) is 32.7 Å². The van der Waals surface area contributed by atoms with Gasteiger partial charge in [-0.15, -0.1) is 0 Å². The molecule has 9 heteroatoms. The number of aromatic amines is 1. The third-order valence-electron chi connectivity index (χ3n) is 4.09. The molecule has 0 aliphatic rings. The van der Waals surface area contributed by atoms with E-state index in [9.17, 15) is 14.7 Å². The number of nitrogens with zero attached hydrogens (tertiary/aromatic N) is 3. The van der Waals surface area contributed by atoms with Crippen LogP contribution in [0.4, 0.5) is 0 Å². The highest BCUT2D eigenvalue weighted by Gasteiger charge is 2.27. The van der Waals surface area contributed by atoms with Gasteiger partial charge in [-0.25, -0.2) is 4.79 Å². The highest BCUT2D eigenvalue weighted by atomic mass is 16.5. The molecule has 140 valence electrons. The second kappa shape index (κ2) is 7.81. The van der Waals surface area contributed by atoms with Crippen LogP contribution >= 0.6 is 0 Å². The number of nitrogens with one attached hydrogen (secondary N) is 2. The fourth-order valence-electron chi connectivity index (χ4n) is 2.76. The van der Waals surface area contributed by atoms with E-state index in [-0.39, 0.29) is 12.8 Å². The zero-order valence-corrected chi connectivity index (χ0v) is 14.9. The monoisotopic (exact) mass is 369 g/mol. The number of rotatable bonds is 7. The molecule has 2 heterocycles. The number of carboxylic acids is 1. The van der Waals surface area contributed by atoms with E-state index in [0.717, 1.165) is 5.56 Å². The van der Waals surface area contributed by atoms with Crippen molar-refractivity contribution in [3.63, 3.8) is 0 Å². The van der Waals surface area contributed by atoms with E-state index in [1.807, 2.05) is 30.3 Å². The molecule has 0 saturated heterocycles. The number of benzene rings is 1. The van der Waals surface area contributed by atoms with Crippen LogP contribution in [0, 0.1) is 13.8 Å². The lowest BCUT2D eigenvalue weighted by Gasteiger charge is -2.14. The molecule has 27 heavy (non-hydrogen) atoms. The fraction of sp³-hybridized carbons (Fsp3) is 0.278. The minimum absolute atomic E-state index is 0.0240. The lowest BCUT2D eigenvalue weighted by Crippen LogP contribution is -2.34. The summed E-state index contributed by atoms with van der Waals surface area (Å²) in [6.45, 7) is 3.39. The Morgan fingerprint density at radius 1 is 1.26 bits per heavy atom. The van der Waals surface area contributed by atoms with Gasteiger partial charge in [0.1, 0.15) is 0 Å². The molecular weight excluding hydrogens is 350 g/mol. The highest BCUT2D eigenvalue weighted by Crippen LogP contribution is 2.20. The second-order valence-electron chi connectivity index (χ2n) is 6.06. The van der Waals surface area contributed by atoms with Crippen LogP contribution in [0.1, 0.15) is 35.3 Å². The standard InChI is InChI=1S/C18H19N5O4/c1-10-15(11(2)22-21-10)16(18(25)26)19-13(24)8-9-14-20-17(23-27-14)12-6-4-3-5-7-12/h3-7,16H,8-9H2,1-2H3,(H,19,24)(H,21,22)(H,25,26)/t16-/m1/s1. The Hall–Kier alpha value is -3.49. The van der Waals surface area contributed by atoms with E-state index in [1.54, 1.807) is 13.8 Å². The topological polar surface area (TPSA) is 134 Å². The molecule has 0 aliphatic carbocycles. The first-order chi connectivity index (χ1) is 13.0. The Morgan fingerprint density at radius 3 is 2.63 bits per heavy atom. The molecular formula is C18H19N5O4. The van der Waals surface area contributed by atoms with E-state index >= 15 is 0 Å². The first-order valence-corrected chi connectivity index (χ1v) is 8.37. The number of carbonyl (C=O) groups is 2. The number of hydrogen-bond donors (Lipinski definition) is 3. The van der Waals surface area contributed by atoms with Crippen LogP contribution in [0.25, 0.3) is 11.4 Å². The predicted octanol–water partition coefficient (Wildman–Crippen LogP) is 1.95. The van der Waals surface area contributed by atoms with Gasteiger partial charge in [0.15, 0.2) is 6.04 Å². The highest BCUT2D eigenvalue weighted by molar-refractivity contribution is 5.85. The molecule has 0 saturated carbocycles. The summed E-state index contributed by atoms with van der Waals surface area (Å²) in [4.78, 5) is 28.1. The molecule has 0 aliphatic heterocycles. The summed E-state index contributed by atoms with van der Waals surface area (Å²) in [7, 11) is 0. The molecule has 3 rings (SSSR count). The molecule has 0 radical (unpaired) electrons. The van der Waals surface area contributed by atoms with Crippen molar-refractivity contribution in [1.82, 2.24) is 25.7 Å². The number of aromatic nitrogens is 4. The maximum Gasteiger partial charge on any atom is 0.331 e. The number of carbonyl (C=O) groups excluding carboxylic acids is 1. The van der Waals surface area contributed by atoms with Crippen molar-refractivity contribution in [1.29, 1.82) is 0 Å². The molecule has 0 spiro atoms. The first-order valence-electron chi connectivity index (χ1n) is 8.37. The Bertz CT molecular complexity index is 928. The Kier molecular flexibility index (Phi) is 5.30. The minimum Gasteiger partial charge on any atom is -0.479 e. The van der Waals surface area contributed by atoms with Gasteiger partial charge in [0.2, 0.25) is 17.6 Å². The molecule has 1 amide bonds. The summed E-state index contributed by atoms with van der Waals surface area (Å²) >= 11 is 0. The van der Waals surface area contributed by atoms with Gasteiger partial charge in [-0.2, -0.15) is 10.1 Å². The lowest BCUT2D eigenvalue weighted by molar-refractivity contribution is -0.142. The smallest absolute Gasteiger partial charge is 0.331 e. The molecule has 2 aromatic heterocycles. The molecule has 9 nitrogen and oxygen atoms in total. The molecule has 0 bridgehead atoms. The summed E-state index contributed by atoms with van der Waals surface area (Å²) in [5.74, 6) is -0.826. The van der Waals surface area contributed by atoms with Gasteiger partial charge < -0.3 is 14.9 Å². The first kappa shape index (κ1) is 18.3. The summed E-state index contributed by atoms with van der Waals surface area (Å²) in [6, 6.07) is 8.16. The van der Waals surface area contributed by atoms with Crippen molar-refractivity contribution < 1.29 is 19.2 Å². The molecule has 3 N–H and O–H groups in total. The number of hydrogen-bond acceptors (Lipinski definition) is 6. The van der Waals surface area contributed by atoms with Crippen LogP contribution in [0.15, 0.2) is 34.9 Å². The summed E-state index contributed by atoms with van der Waals surface area (Å²) in [5.41, 5.74) is 2.41. The average molecular weight is 369 g/mol. The summed E-state index contributed by atoms with van der Waals surface area (Å²) in [5, 5.41) is 22.6. The van der Waals surface area contributed by atoms with Crippen LogP contribution in [-0.2, 0) is 16.0 Å². The average Bonchev–Trinajstić information content (AvgIpc) is 3.26. The Morgan fingerprint density at radius 2 is 2.00 bits per heavy atom. The van der Waals surface area contributed by atoms with Crippen LogP contribution in [-0.4, -0.2) is 37.3 Å². The van der Waals surface area contributed by atoms with E-state index in [2.05, 4.69) is 25.7 Å². The van der Waals surface area contributed by atoms with E-state index < -0.39 is 17.9 Å². The van der Waals surface area contributed by atoms with Crippen LogP contribution in [0.2, 0.25) is 0 Å². The predicted molar refractivity (Wildman–Crippen MR) is 94.6 cm³/mol. The minimum atomic E-state index is -1.17. The van der Waals surface area contributed by atoms with E-state index in [4.69, 9.17) is 4.52 Å². The largest absolute Gasteiger partial charge is 0.479 e. The normalized spacial score (nSPS) is 11.9. The Labute approximate surface area is 154 Å². The summed E-state index contributed by atoms with van der Waals surface area (Å²) < 4.78 is 5.16. The number of aliphatic carboxylic acids is 1. The second-order valence-corrected chi connectivity index (χ2v) is 6.06. The van der Waals surface area contributed by atoms with Gasteiger partial charge >= 0.3 is 5.97 Å². The van der Waals surface area contributed by atoms with Crippen molar-refractivity contribution in [2.24, 2.45) is 0 Å². The zero-order chi connectivity index (χ0) is 19.4. The third-order valence-corrected chi connectivity index (χ3v) is 4.09. The summed E-state index contributed by atoms with van der Waals surface area (Å²) in [6.07, 6.45) is 0.234. The molecule has 1 atom stereocenters. The van der Waals surface area contributed by atoms with Gasteiger partial charge in [-0.3, -0.25) is 9.89 Å². The van der Waals surface area contributed by atoms with E-state index in [0.29, 0.717) is 28.7 Å². The van der Waals surface area contributed by atoms with E-state index in [1.165, 1.54) is 0 Å². The van der Waals surface area contributed by atoms with Crippen molar-refractivity contribution in [3.8, 4) is 11.4 Å². The molecule has 1 aromatic carbocycles. The van der Waals surface area contributed by atoms with Gasteiger partial charge in [0.25, 0.3) is 0 Å². The maximum absolute atomic E-state index is 12.2. The molecule has 0 unspecified atom stereocenters. The number of H-pyrrole nitrogens is 1. The Balaban J connectivity index is 1.62. The van der Waals surface area contributed by atoms with Crippen LogP contribution < -0.4 is 5.32 Å². The maximum atomic E-state index is 12.2. The van der Waals surface area contributed by atoms with Crippen molar-refractivity contribution >= 4 is 11.9 Å². The van der Waals surface area contributed by atoms with Crippen molar-refractivity contribution in [3.05, 3.63) is 53.2 Å². The molecule has 3 aromatic rings. The zero-order valence-electron chi connectivity index (χ0n) is 14.9. The molecule has 0 fully saturated rings. The number of aryl methyl sites for hydroxylation is 3.